The Kier molecular flexibility index (Phi) is 11.9. The van der Waals surface area contributed by atoms with E-state index < -0.39 is 82.3 Å². The van der Waals surface area contributed by atoms with Crippen molar-refractivity contribution in [2.75, 3.05) is 19.0 Å². The van der Waals surface area contributed by atoms with Gasteiger partial charge in [-0.3, -0.25) is 9.59 Å². The Bertz CT molecular complexity index is 1910. The molecule has 2 aromatic rings. The summed E-state index contributed by atoms with van der Waals surface area (Å²) in [6.07, 6.45) is -4.60. The Labute approximate surface area is 340 Å². The van der Waals surface area contributed by atoms with Gasteiger partial charge in [0.05, 0.1) is 18.1 Å². The largest absolute Gasteiger partial charge is 0.509 e. The van der Waals surface area contributed by atoms with Crippen LogP contribution < -0.4 is 0 Å². The van der Waals surface area contributed by atoms with E-state index in [1.165, 1.54) is 6.92 Å². The molecule has 2 aromatic carbocycles. The van der Waals surface area contributed by atoms with E-state index in [-0.39, 0.29) is 42.7 Å². The summed E-state index contributed by atoms with van der Waals surface area (Å²) in [5.74, 6) is -3.55. The van der Waals surface area contributed by atoms with Crippen LogP contribution >= 0.6 is 12.6 Å². The number of aliphatic hydroxyl groups is 1. The number of ether oxygens (including phenoxy) is 6. The maximum atomic E-state index is 15.4. The van der Waals surface area contributed by atoms with Crippen LogP contribution in [-0.4, -0.2) is 83.6 Å². The van der Waals surface area contributed by atoms with Crippen molar-refractivity contribution in [2.45, 2.75) is 110 Å². The third-order valence-corrected chi connectivity index (χ3v) is 13.8. The quantitative estimate of drug-likeness (QED) is 0.0770. The van der Waals surface area contributed by atoms with Crippen LogP contribution in [0, 0.1) is 28.6 Å². The number of hydrogen-bond donors (Lipinski definition) is 2. The van der Waals surface area contributed by atoms with Crippen molar-refractivity contribution < 1.29 is 52.7 Å². The lowest BCUT2D eigenvalue weighted by atomic mass is 9.42. The Morgan fingerprint density at radius 2 is 1.65 bits per heavy atom. The number of Topliss-reactive ketones (excluding diaryl/α,β-unsaturated/α-hetero) is 1. The average molecular weight is 805 g/mol. The zero-order chi connectivity index (χ0) is 41.7. The van der Waals surface area contributed by atoms with Crippen LogP contribution in [0.25, 0.3) is 0 Å². The SMILES string of the molecule is C=C(O[C@H]1C[C@@]2(O)[C@@H](OC(=O)c3ccccc3)[C@@H]3[C@]4(OC(C)=O)CO[C@@H]4C[C@H](C)[C@@]3(C)C(=O)[C@H](C)C(=C1C)C2(C)C)[C@H](OC(=O)OCCS)[C@@H](C)c1ccccc1. The molecule has 3 fully saturated rings. The lowest BCUT2D eigenvalue weighted by Gasteiger charge is -2.68. The average Bonchev–Trinajstić information content (AvgIpc) is 3.17. The van der Waals surface area contributed by atoms with Crippen LogP contribution in [-0.2, 0) is 38.0 Å². The number of thiol groups is 1. The molecule has 0 unspecified atom stereocenters. The van der Waals surface area contributed by atoms with Gasteiger partial charge in [0, 0.05) is 41.8 Å². The van der Waals surface area contributed by atoms with Gasteiger partial charge in [-0.15, -0.1) is 0 Å². The van der Waals surface area contributed by atoms with Crippen LogP contribution in [0.2, 0.25) is 0 Å². The van der Waals surface area contributed by atoms with E-state index in [1.54, 1.807) is 30.3 Å². The maximum Gasteiger partial charge on any atom is 0.509 e. The first kappa shape index (κ1) is 42.5. The van der Waals surface area contributed by atoms with Crippen LogP contribution in [0.15, 0.2) is 84.1 Å². The second-order valence-electron chi connectivity index (χ2n) is 17.0. The summed E-state index contributed by atoms with van der Waals surface area (Å²) in [6, 6.07) is 17.9. The highest BCUT2D eigenvalue weighted by molar-refractivity contribution is 7.80. The van der Waals surface area contributed by atoms with Gasteiger partial charge >= 0.3 is 18.1 Å². The Hall–Kier alpha value is -4.13. The van der Waals surface area contributed by atoms with E-state index in [4.69, 9.17) is 28.4 Å². The molecule has 1 N–H and O–H groups in total. The van der Waals surface area contributed by atoms with Crippen LogP contribution in [0.4, 0.5) is 4.79 Å². The zero-order valence-electron chi connectivity index (χ0n) is 34.1. The predicted molar refractivity (Wildman–Crippen MR) is 214 cm³/mol. The third kappa shape index (κ3) is 7.09. The van der Waals surface area contributed by atoms with Gasteiger partial charge in [-0.2, -0.15) is 12.6 Å². The fraction of sp³-hybridized carbons (Fsp3) is 0.556. The molecule has 308 valence electrons. The monoisotopic (exact) mass is 804 g/mol. The highest BCUT2D eigenvalue weighted by atomic mass is 32.1. The van der Waals surface area contributed by atoms with Crippen molar-refractivity contribution in [3.63, 3.8) is 0 Å². The van der Waals surface area contributed by atoms with Crippen molar-refractivity contribution in [2.24, 2.45) is 28.6 Å². The first-order valence-electron chi connectivity index (χ1n) is 19.7. The number of carbonyl (C=O) groups excluding carboxylic acids is 4. The van der Waals surface area contributed by atoms with Crippen molar-refractivity contribution in [3.05, 3.63) is 95.3 Å². The number of hydrogen-bond acceptors (Lipinski definition) is 12. The normalized spacial score (nSPS) is 33.8. The summed E-state index contributed by atoms with van der Waals surface area (Å²) >= 11 is 4.14. The maximum absolute atomic E-state index is 15.4. The molecule has 2 bridgehead atoms. The molecule has 0 amide bonds. The van der Waals surface area contributed by atoms with Crippen LogP contribution in [0.3, 0.4) is 0 Å². The molecule has 11 nitrogen and oxygen atoms in total. The highest BCUT2D eigenvalue weighted by Gasteiger charge is 2.77. The van der Waals surface area contributed by atoms with Gasteiger partial charge in [0.2, 0.25) is 0 Å². The molecule has 0 radical (unpaired) electrons. The lowest BCUT2D eigenvalue weighted by molar-refractivity contribution is -0.339. The summed E-state index contributed by atoms with van der Waals surface area (Å²) in [7, 11) is 0. The second-order valence-corrected chi connectivity index (χ2v) is 17.5. The van der Waals surface area contributed by atoms with E-state index >= 15 is 4.79 Å². The van der Waals surface area contributed by atoms with E-state index in [9.17, 15) is 19.5 Å². The molecular weight excluding hydrogens is 749 g/mol. The minimum Gasteiger partial charge on any atom is -0.487 e. The van der Waals surface area contributed by atoms with E-state index in [0.717, 1.165) is 5.56 Å². The van der Waals surface area contributed by atoms with E-state index in [2.05, 4.69) is 19.2 Å². The Balaban J connectivity index is 1.51. The number of ketones is 1. The summed E-state index contributed by atoms with van der Waals surface area (Å²) in [5.41, 5.74) is -3.33. The molecule has 1 saturated heterocycles. The molecule has 6 rings (SSSR count). The highest BCUT2D eigenvalue weighted by Crippen LogP contribution is 2.66. The standard InChI is InChI=1S/C45H56O11S/c1-25-22-34-44(24-52-34,56-30(6)46)37-39(55-40(48)32-18-14-11-15-19-32)45(50)23-33(27(3)35(42(45,7)8)28(4)38(47)43(25,37)9)53-29(5)36(54-41(49)51-20-21-57)26(2)31-16-12-10-13-17-31/h10-19,25-26,28,33-34,36-37,39,50,57H,5,20-24H2,1-4,6-9H3/t25-,26-,28+,33-,34+,36+,37-,39-,43+,44-,45+/m0/s1. The van der Waals surface area contributed by atoms with Gasteiger partial charge in [0.25, 0.3) is 0 Å². The summed E-state index contributed by atoms with van der Waals surface area (Å²) in [6.45, 7) is 18.7. The summed E-state index contributed by atoms with van der Waals surface area (Å²) in [5, 5.41) is 13.8. The molecule has 12 heteroatoms. The fourth-order valence-corrected chi connectivity index (χ4v) is 10.6. The first-order chi connectivity index (χ1) is 26.8. The molecular formula is C45H56O11S. The lowest BCUT2D eigenvalue weighted by Crippen LogP contribution is -2.80. The van der Waals surface area contributed by atoms with Gasteiger partial charge < -0.3 is 33.5 Å². The summed E-state index contributed by atoms with van der Waals surface area (Å²) in [4.78, 5) is 55.6. The van der Waals surface area contributed by atoms with Gasteiger partial charge in [-0.05, 0) is 48.1 Å². The van der Waals surface area contributed by atoms with Crippen LogP contribution in [0.5, 0.6) is 0 Å². The van der Waals surface area contributed by atoms with Crippen molar-refractivity contribution in [1.29, 1.82) is 0 Å². The van der Waals surface area contributed by atoms with E-state index in [1.807, 2.05) is 78.8 Å². The van der Waals surface area contributed by atoms with Crippen molar-refractivity contribution in [1.82, 2.24) is 0 Å². The molecule has 0 spiro atoms. The Morgan fingerprint density at radius 1 is 1.02 bits per heavy atom. The molecule has 11 atom stereocenters. The molecule has 4 aliphatic rings. The molecule has 1 heterocycles. The number of esters is 2. The molecule has 1 aliphatic heterocycles. The smallest absolute Gasteiger partial charge is 0.487 e. The van der Waals surface area contributed by atoms with Gasteiger partial charge in [0.15, 0.2) is 11.7 Å². The van der Waals surface area contributed by atoms with E-state index in [0.29, 0.717) is 23.3 Å². The van der Waals surface area contributed by atoms with Crippen molar-refractivity contribution >= 4 is 36.5 Å². The summed E-state index contributed by atoms with van der Waals surface area (Å²) < 4.78 is 36.8. The predicted octanol–water partition coefficient (Wildman–Crippen LogP) is 7.43. The van der Waals surface area contributed by atoms with Gasteiger partial charge in [0.1, 0.15) is 42.1 Å². The third-order valence-electron chi connectivity index (χ3n) is 13.6. The zero-order valence-corrected chi connectivity index (χ0v) is 35.0. The topological polar surface area (TPSA) is 144 Å². The number of fused-ring (bicyclic) bond motifs is 5. The first-order valence-corrected chi connectivity index (χ1v) is 20.4. The van der Waals surface area contributed by atoms with Gasteiger partial charge in [-0.25, -0.2) is 9.59 Å². The molecule has 3 aliphatic carbocycles. The Morgan fingerprint density at radius 3 is 2.23 bits per heavy atom. The molecule has 57 heavy (non-hydrogen) atoms. The van der Waals surface area contributed by atoms with Crippen LogP contribution in [0.1, 0.15) is 90.1 Å². The van der Waals surface area contributed by atoms with Crippen molar-refractivity contribution in [3.8, 4) is 0 Å². The molecule has 2 saturated carbocycles. The number of benzene rings is 2. The fourth-order valence-electron chi connectivity index (χ4n) is 10.5. The second kappa shape index (κ2) is 15.9. The minimum absolute atomic E-state index is 0.0338. The minimum atomic E-state index is -1.94. The molecule has 0 aromatic heterocycles. The number of rotatable bonds is 11. The van der Waals surface area contributed by atoms with Gasteiger partial charge in [-0.1, -0.05) is 96.7 Å². The number of carbonyl (C=O) groups is 4.